The molecule has 1 rings (SSSR count). The van der Waals surface area contributed by atoms with E-state index in [1.807, 2.05) is 6.92 Å². The monoisotopic (exact) mass is 260 g/mol. The highest BCUT2D eigenvalue weighted by Crippen LogP contribution is 2.07. The van der Waals surface area contributed by atoms with Crippen molar-refractivity contribution >= 4 is 15.9 Å². The summed E-state index contributed by atoms with van der Waals surface area (Å²) in [5.41, 5.74) is 0.558. The maximum absolute atomic E-state index is 11.3. The Morgan fingerprint density at radius 3 is 2.79 bits per heavy atom. The van der Waals surface area contributed by atoms with Gasteiger partial charge in [-0.3, -0.25) is 4.79 Å². The second-order valence-electron chi connectivity index (χ2n) is 3.16. The number of hydrogen-bond donors (Lipinski definition) is 1. The van der Waals surface area contributed by atoms with Gasteiger partial charge in [-0.1, -0.05) is 0 Å². The number of aryl methyl sites for hydroxylation is 1. The van der Waals surface area contributed by atoms with Gasteiger partial charge < -0.3 is 9.72 Å². The number of methoxy groups -OCH3 is 1. The number of H-pyrrole nitrogens is 1. The van der Waals surface area contributed by atoms with E-state index in [-0.39, 0.29) is 11.7 Å². The molecule has 78 valence electrons. The highest BCUT2D eigenvalue weighted by Gasteiger charge is 2.07. The number of nitrogens with zero attached hydrogens (tertiary/aromatic N) is 1. The highest BCUT2D eigenvalue weighted by molar-refractivity contribution is 9.10. The Kier molecular flexibility index (Phi) is 3.83. The number of hydrogen-bond acceptors (Lipinski definition) is 3. The molecule has 0 saturated heterocycles. The molecule has 0 aliphatic rings. The lowest BCUT2D eigenvalue weighted by molar-refractivity contribution is 0.117. The zero-order valence-electron chi connectivity index (χ0n) is 8.43. The van der Waals surface area contributed by atoms with Crippen LogP contribution in [0.4, 0.5) is 0 Å². The van der Waals surface area contributed by atoms with E-state index in [9.17, 15) is 4.79 Å². The molecule has 0 aliphatic heterocycles. The van der Waals surface area contributed by atoms with Crippen LogP contribution < -0.4 is 5.56 Å². The van der Waals surface area contributed by atoms with Crippen LogP contribution in [0.5, 0.6) is 0 Å². The molecule has 0 aliphatic carbocycles. The van der Waals surface area contributed by atoms with E-state index in [4.69, 9.17) is 4.74 Å². The Labute approximate surface area is 90.8 Å². The number of nitrogens with one attached hydrogen (secondary N) is 1. The minimum atomic E-state index is -0.143. The first-order chi connectivity index (χ1) is 6.54. The topological polar surface area (TPSA) is 55.0 Å². The summed E-state index contributed by atoms with van der Waals surface area (Å²) in [7, 11) is 1.63. The molecule has 5 heteroatoms. The minimum absolute atomic E-state index is 0.0544. The average Bonchev–Trinajstić information content (AvgIpc) is 2.14. The van der Waals surface area contributed by atoms with Gasteiger partial charge in [0.25, 0.3) is 5.56 Å². The van der Waals surface area contributed by atoms with Crippen molar-refractivity contribution in [3.8, 4) is 0 Å². The fourth-order valence-corrected chi connectivity index (χ4v) is 1.27. The maximum Gasteiger partial charge on any atom is 0.265 e. The van der Waals surface area contributed by atoms with Crippen LogP contribution in [0.25, 0.3) is 0 Å². The molecule has 0 fully saturated rings. The SMILES string of the molecule is COC(C)Cc1nc(C)c(Br)c(=O)[nH]1. The van der Waals surface area contributed by atoms with Gasteiger partial charge >= 0.3 is 0 Å². The maximum atomic E-state index is 11.3. The molecule has 0 radical (unpaired) electrons. The lowest BCUT2D eigenvalue weighted by atomic mass is 10.2. The number of aromatic amines is 1. The quantitative estimate of drug-likeness (QED) is 0.895. The van der Waals surface area contributed by atoms with E-state index in [2.05, 4.69) is 25.9 Å². The van der Waals surface area contributed by atoms with Gasteiger partial charge in [-0.05, 0) is 29.8 Å². The van der Waals surface area contributed by atoms with Crippen molar-refractivity contribution in [1.82, 2.24) is 9.97 Å². The second kappa shape index (κ2) is 4.70. The first-order valence-electron chi connectivity index (χ1n) is 4.32. The third-order valence-corrected chi connectivity index (χ3v) is 2.89. The van der Waals surface area contributed by atoms with Gasteiger partial charge in [0, 0.05) is 13.5 Å². The van der Waals surface area contributed by atoms with Gasteiger partial charge in [-0.25, -0.2) is 4.98 Å². The molecule has 0 aromatic carbocycles. The summed E-state index contributed by atoms with van der Waals surface area (Å²) in [6.07, 6.45) is 0.665. The summed E-state index contributed by atoms with van der Waals surface area (Å²) in [5.74, 6) is 0.657. The van der Waals surface area contributed by atoms with Crippen LogP contribution in [0.1, 0.15) is 18.4 Å². The van der Waals surface area contributed by atoms with Crippen molar-refractivity contribution in [2.75, 3.05) is 7.11 Å². The molecule has 0 bridgehead atoms. The third-order valence-electron chi connectivity index (χ3n) is 1.96. The van der Waals surface area contributed by atoms with E-state index in [0.717, 1.165) is 0 Å². The van der Waals surface area contributed by atoms with Gasteiger partial charge in [0.1, 0.15) is 10.3 Å². The van der Waals surface area contributed by atoms with Crippen molar-refractivity contribution < 1.29 is 4.74 Å². The van der Waals surface area contributed by atoms with Gasteiger partial charge in [0.2, 0.25) is 0 Å². The fraction of sp³-hybridized carbons (Fsp3) is 0.556. The third kappa shape index (κ3) is 2.65. The highest BCUT2D eigenvalue weighted by atomic mass is 79.9. The van der Waals surface area contributed by atoms with Crippen molar-refractivity contribution in [3.05, 3.63) is 26.3 Å². The second-order valence-corrected chi connectivity index (χ2v) is 3.96. The Morgan fingerprint density at radius 1 is 1.64 bits per heavy atom. The first-order valence-corrected chi connectivity index (χ1v) is 5.12. The molecule has 1 atom stereocenters. The number of ether oxygens (including phenoxy) is 1. The predicted molar refractivity (Wildman–Crippen MR) is 57.5 cm³/mol. The Balaban J connectivity index is 2.96. The summed E-state index contributed by atoms with van der Waals surface area (Å²) in [6, 6.07) is 0. The average molecular weight is 261 g/mol. The Morgan fingerprint density at radius 2 is 2.29 bits per heavy atom. The van der Waals surface area contributed by atoms with E-state index in [1.54, 1.807) is 14.0 Å². The summed E-state index contributed by atoms with van der Waals surface area (Å²) in [4.78, 5) is 18.3. The van der Waals surface area contributed by atoms with Crippen LogP contribution in [0.2, 0.25) is 0 Å². The van der Waals surface area contributed by atoms with Crippen molar-refractivity contribution in [1.29, 1.82) is 0 Å². The summed E-state index contributed by atoms with van der Waals surface area (Å²) < 4.78 is 5.58. The lowest BCUT2D eigenvalue weighted by Gasteiger charge is -2.08. The van der Waals surface area contributed by atoms with Crippen molar-refractivity contribution in [2.24, 2.45) is 0 Å². The fourth-order valence-electron chi connectivity index (χ4n) is 1.08. The molecular weight excluding hydrogens is 248 g/mol. The van der Waals surface area contributed by atoms with E-state index in [0.29, 0.717) is 22.4 Å². The molecule has 1 aromatic rings. The molecule has 4 nitrogen and oxygen atoms in total. The van der Waals surface area contributed by atoms with E-state index < -0.39 is 0 Å². The summed E-state index contributed by atoms with van der Waals surface area (Å²) in [6.45, 7) is 3.72. The molecule has 0 spiro atoms. The van der Waals surface area contributed by atoms with E-state index >= 15 is 0 Å². The minimum Gasteiger partial charge on any atom is -0.381 e. The number of halogens is 1. The van der Waals surface area contributed by atoms with Crippen LogP contribution in [-0.2, 0) is 11.2 Å². The van der Waals surface area contributed by atoms with Crippen molar-refractivity contribution in [3.63, 3.8) is 0 Å². The smallest absolute Gasteiger partial charge is 0.265 e. The van der Waals surface area contributed by atoms with Crippen molar-refractivity contribution in [2.45, 2.75) is 26.4 Å². The predicted octanol–water partition coefficient (Wildman–Crippen LogP) is 1.42. The zero-order valence-corrected chi connectivity index (χ0v) is 10.0. The van der Waals surface area contributed by atoms with Gasteiger partial charge in [-0.2, -0.15) is 0 Å². The molecule has 1 aromatic heterocycles. The number of aromatic nitrogens is 2. The van der Waals surface area contributed by atoms with Gasteiger partial charge in [0.15, 0.2) is 0 Å². The Bertz CT molecular complexity index is 376. The van der Waals surface area contributed by atoms with Crippen LogP contribution in [0.15, 0.2) is 9.27 Å². The zero-order chi connectivity index (χ0) is 10.7. The molecule has 0 amide bonds. The van der Waals surface area contributed by atoms with Gasteiger partial charge in [-0.15, -0.1) is 0 Å². The van der Waals surface area contributed by atoms with Crippen LogP contribution in [-0.4, -0.2) is 23.2 Å². The first kappa shape index (κ1) is 11.4. The summed E-state index contributed by atoms with van der Waals surface area (Å²) >= 11 is 3.16. The summed E-state index contributed by atoms with van der Waals surface area (Å²) in [5, 5.41) is 0. The molecule has 1 unspecified atom stereocenters. The lowest BCUT2D eigenvalue weighted by Crippen LogP contribution is -2.18. The molecule has 1 N–H and O–H groups in total. The molecule has 14 heavy (non-hydrogen) atoms. The van der Waals surface area contributed by atoms with Gasteiger partial charge in [0.05, 0.1) is 11.8 Å². The largest absolute Gasteiger partial charge is 0.381 e. The number of rotatable bonds is 3. The molecule has 1 heterocycles. The molecular formula is C9H13BrN2O2. The standard InChI is InChI=1S/C9H13BrN2O2/c1-5(14-3)4-7-11-6(2)8(10)9(13)12-7/h5H,4H2,1-3H3,(H,11,12,13). The van der Waals surface area contributed by atoms with E-state index in [1.165, 1.54) is 0 Å². The van der Waals surface area contributed by atoms with Crippen LogP contribution in [0.3, 0.4) is 0 Å². The molecule has 0 saturated carbocycles. The van der Waals surface area contributed by atoms with Crippen LogP contribution >= 0.6 is 15.9 Å². The normalized spacial score (nSPS) is 12.9. The van der Waals surface area contributed by atoms with Crippen LogP contribution in [0, 0.1) is 6.92 Å². The Hall–Kier alpha value is -0.680.